The van der Waals surface area contributed by atoms with Gasteiger partial charge in [0.1, 0.15) is 34.7 Å². The van der Waals surface area contributed by atoms with Crippen LogP contribution in [0.5, 0.6) is 5.75 Å². The number of amides is 1. The number of carbonyl (C=O) groups excluding carboxylic acids is 3. The molecule has 1 saturated carbocycles. The number of benzene rings is 1. The number of phenols is 1. The van der Waals surface area contributed by atoms with Crippen LogP contribution in [0.4, 0.5) is 5.69 Å². The number of Topliss-reactive ketones (excluding diaryl/α,β-unsaturated/α-hetero) is 2. The Morgan fingerprint density at radius 2 is 1.78 bits per heavy atom. The van der Waals surface area contributed by atoms with E-state index in [2.05, 4.69) is 16.8 Å². The Labute approximate surface area is 267 Å². The van der Waals surface area contributed by atoms with Gasteiger partial charge >= 0.3 is 0 Å². The van der Waals surface area contributed by atoms with Gasteiger partial charge in [-0.25, -0.2) is 0 Å². The molecule has 1 saturated heterocycles. The van der Waals surface area contributed by atoms with E-state index in [1.54, 1.807) is 14.1 Å². The Bertz CT molecular complexity index is 1600. The van der Waals surface area contributed by atoms with Gasteiger partial charge in [-0.1, -0.05) is 0 Å². The molecule has 5 aliphatic rings. The van der Waals surface area contributed by atoms with Crippen molar-refractivity contribution in [3.8, 4) is 5.75 Å². The minimum absolute atomic E-state index is 0.0311. The van der Waals surface area contributed by atoms with Crippen molar-refractivity contribution >= 4 is 34.7 Å². The third kappa shape index (κ3) is 4.79. The topological polar surface area (TPSA) is 180 Å². The number of ketones is 2. The van der Waals surface area contributed by atoms with Gasteiger partial charge in [-0.15, -0.1) is 0 Å². The number of anilines is 1. The number of nitrogens with two attached hydrogens (primary N) is 1. The number of rotatable bonds is 6. The van der Waals surface area contributed by atoms with Gasteiger partial charge in [0.2, 0.25) is 5.78 Å². The van der Waals surface area contributed by atoms with Crippen molar-refractivity contribution in [3.05, 3.63) is 45.7 Å². The average molecular weight is 638 g/mol. The van der Waals surface area contributed by atoms with Crippen LogP contribution in [0.25, 0.3) is 11.5 Å². The molecule has 1 aromatic rings. The molecule has 1 unspecified atom stereocenters. The number of fused-ring (bicyclic) bond motifs is 3. The second kappa shape index (κ2) is 11.4. The Kier molecular flexibility index (Phi) is 7.95. The third-order valence-corrected chi connectivity index (χ3v) is 10.4. The molecule has 6 rings (SSSR count). The van der Waals surface area contributed by atoms with Gasteiger partial charge in [-0.05, 0) is 57.6 Å². The SMILES string of the molecule is CN1CCN(CC2CC=C(c3cc(N(C)C)c4c(c3O)C(O)=C3C(=O)[C@]5(O)C(O)=C(C(N)=O)C(=O)[C@@H](N(C)C)[C@@H]5C[C@@H]3C4)O2)CC1. The molecule has 2 fully saturated rings. The van der Waals surface area contributed by atoms with Gasteiger partial charge < -0.3 is 40.7 Å². The third-order valence-electron chi connectivity index (χ3n) is 10.4. The summed E-state index contributed by atoms with van der Waals surface area (Å²) >= 11 is 0. The first-order valence-electron chi connectivity index (χ1n) is 15.7. The summed E-state index contributed by atoms with van der Waals surface area (Å²) in [5.74, 6) is -6.28. The molecule has 2 aliphatic heterocycles. The van der Waals surface area contributed by atoms with Crippen LogP contribution in [0.3, 0.4) is 0 Å². The predicted molar refractivity (Wildman–Crippen MR) is 170 cm³/mol. The van der Waals surface area contributed by atoms with Crippen LogP contribution < -0.4 is 10.6 Å². The maximum absolute atomic E-state index is 14.2. The van der Waals surface area contributed by atoms with Crippen molar-refractivity contribution in [3.63, 3.8) is 0 Å². The molecule has 13 nitrogen and oxygen atoms in total. The van der Waals surface area contributed by atoms with Crippen molar-refractivity contribution in [2.45, 2.75) is 37.0 Å². The van der Waals surface area contributed by atoms with Crippen LogP contribution in [0.2, 0.25) is 0 Å². The molecule has 5 atom stereocenters. The number of piperazine rings is 1. The molecule has 1 aromatic carbocycles. The van der Waals surface area contributed by atoms with Crippen molar-refractivity contribution in [1.82, 2.24) is 14.7 Å². The van der Waals surface area contributed by atoms with Crippen molar-refractivity contribution < 1.29 is 39.5 Å². The number of aromatic hydroxyl groups is 1. The zero-order valence-corrected chi connectivity index (χ0v) is 26.9. The summed E-state index contributed by atoms with van der Waals surface area (Å²) in [5.41, 5.74) is 3.44. The Morgan fingerprint density at radius 3 is 2.39 bits per heavy atom. The second-order valence-electron chi connectivity index (χ2n) is 13.6. The maximum atomic E-state index is 14.2. The first-order valence-corrected chi connectivity index (χ1v) is 15.7. The first kappa shape index (κ1) is 32.0. The van der Waals surface area contributed by atoms with E-state index in [0.29, 0.717) is 29.0 Å². The van der Waals surface area contributed by atoms with Crippen LogP contribution >= 0.6 is 0 Å². The number of aliphatic hydroxyl groups excluding tert-OH is 2. The number of ether oxygens (including phenoxy) is 1. The van der Waals surface area contributed by atoms with Crippen LogP contribution in [-0.4, -0.2) is 138 Å². The van der Waals surface area contributed by atoms with Crippen molar-refractivity contribution in [2.24, 2.45) is 17.6 Å². The summed E-state index contributed by atoms with van der Waals surface area (Å²) in [6, 6.07) is 0.685. The fraction of sp³-hybridized carbons (Fsp3) is 0.545. The van der Waals surface area contributed by atoms with E-state index in [0.717, 1.165) is 32.7 Å². The van der Waals surface area contributed by atoms with Crippen LogP contribution in [0.1, 0.15) is 29.5 Å². The lowest BCUT2D eigenvalue weighted by atomic mass is 9.57. The van der Waals surface area contributed by atoms with E-state index >= 15 is 0 Å². The number of primary amides is 1. The maximum Gasteiger partial charge on any atom is 0.255 e. The molecule has 0 aromatic heterocycles. The van der Waals surface area contributed by atoms with E-state index in [1.807, 2.05) is 31.1 Å². The average Bonchev–Trinajstić information content (AvgIpc) is 3.44. The minimum atomic E-state index is -2.68. The van der Waals surface area contributed by atoms with Gasteiger partial charge in [0, 0.05) is 70.4 Å². The number of hydrogen-bond acceptors (Lipinski definition) is 12. The number of aliphatic hydroxyl groups is 3. The highest BCUT2D eigenvalue weighted by Gasteiger charge is 2.64. The molecule has 13 heteroatoms. The quantitative estimate of drug-likeness (QED) is 0.272. The molecule has 0 radical (unpaired) electrons. The normalized spacial score (nSPS) is 30.2. The van der Waals surface area contributed by atoms with E-state index in [1.165, 1.54) is 4.90 Å². The van der Waals surface area contributed by atoms with E-state index < -0.39 is 58.0 Å². The van der Waals surface area contributed by atoms with Crippen LogP contribution in [0, 0.1) is 11.8 Å². The molecule has 248 valence electrons. The van der Waals surface area contributed by atoms with Gasteiger partial charge in [0.05, 0.1) is 17.2 Å². The van der Waals surface area contributed by atoms with E-state index in [4.69, 9.17) is 10.5 Å². The summed E-state index contributed by atoms with van der Waals surface area (Å²) in [6.07, 6.45) is 2.71. The fourth-order valence-electron chi connectivity index (χ4n) is 8.00. The standard InChI is InChI=1S/C33H43N5O8/c1-35(2)21-14-19(22-7-6-17(46-22)15-38-10-8-37(5)9-11-38)27(39)24-18(21)12-16-13-20-26(36(3)4)29(41)25(32(34)44)31(43)33(20,45)30(42)23(16)28(24)40/h7,14,16-17,20,26,39-40,43,45H,6,8-13,15H2,1-5H3,(H2,34,44)/t16-,17?,20-,26-,33-/m0/s1. The molecule has 2 heterocycles. The smallest absolute Gasteiger partial charge is 0.255 e. The summed E-state index contributed by atoms with van der Waals surface area (Å²) in [4.78, 5) is 47.8. The van der Waals surface area contributed by atoms with Gasteiger partial charge in [0.15, 0.2) is 11.4 Å². The number of phenolic OH excluding ortho intramolecular Hbond substituents is 1. The molecule has 0 bridgehead atoms. The highest BCUT2D eigenvalue weighted by atomic mass is 16.5. The number of likely N-dealkylation sites (N-methyl/N-ethyl adjacent to an activating group) is 2. The zero-order chi connectivity index (χ0) is 33.4. The van der Waals surface area contributed by atoms with Crippen molar-refractivity contribution in [1.29, 1.82) is 0 Å². The predicted octanol–water partition coefficient (Wildman–Crippen LogP) is 0.407. The number of hydrogen-bond donors (Lipinski definition) is 5. The summed E-state index contributed by atoms with van der Waals surface area (Å²) in [7, 11) is 8.94. The fourth-order valence-corrected chi connectivity index (χ4v) is 8.00. The number of carbonyl (C=O) groups is 3. The minimum Gasteiger partial charge on any atom is -0.508 e. The van der Waals surface area contributed by atoms with Gasteiger partial charge in [-0.2, -0.15) is 0 Å². The summed E-state index contributed by atoms with van der Waals surface area (Å²) < 4.78 is 6.33. The molecule has 6 N–H and O–H groups in total. The summed E-state index contributed by atoms with van der Waals surface area (Å²) in [6.45, 7) is 4.60. The lowest BCUT2D eigenvalue weighted by molar-refractivity contribution is -0.153. The molecular weight excluding hydrogens is 594 g/mol. The molecule has 0 spiro atoms. The molecular formula is C33H43N5O8. The highest BCUT2D eigenvalue weighted by molar-refractivity contribution is 6.24. The van der Waals surface area contributed by atoms with E-state index in [9.17, 15) is 34.8 Å². The molecule has 1 amide bonds. The second-order valence-corrected chi connectivity index (χ2v) is 13.6. The van der Waals surface area contributed by atoms with Gasteiger partial charge in [-0.3, -0.25) is 24.2 Å². The van der Waals surface area contributed by atoms with Crippen LogP contribution in [-0.2, 0) is 25.5 Å². The highest BCUT2D eigenvalue weighted by Crippen LogP contribution is 2.54. The largest absolute Gasteiger partial charge is 0.508 e. The number of nitrogens with zero attached hydrogens (tertiary/aromatic N) is 4. The molecule has 3 aliphatic carbocycles. The summed E-state index contributed by atoms with van der Waals surface area (Å²) in [5, 5.41) is 46.5. The Balaban J connectivity index is 1.41. The molecule has 46 heavy (non-hydrogen) atoms. The lowest BCUT2D eigenvalue weighted by Crippen LogP contribution is -2.65. The Hall–Kier alpha value is -3.91. The first-order chi connectivity index (χ1) is 21.7. The zero-order valence-electron chi connectivity index (χ0n) is 26.9. The lowest BCUT2D eigenvalue weighted by Gasteiger charge is -2.50. The monoisotopic (exact) mass is 637 g/mol. The Morgan fingerprint density at radius 1 is 1.11 bits per heavy atom. The van der Waals surface area contributed by atoms with E-state index in [-0.39, 0.29) is 35.8 Å². The van der Waals surface area contributed by atoms with Crippen LogP contribution in [0.15, 0.2) is 29.0 Å². The van der Waals surface area contributed by atoms with Gasteiger partial charge in [0.25, 0.3) is 5.91 Å². The van der Waals surface area contributed by atoms with Crippen molar-refractivity contribution in [2.75, 3.05) is 72.9 Å².